The summed E-state index contributed by atoms with van der Waals surface area (Å²) in [5.41, 5.74) is 9.68. The lowest BCUT2D eigenvalue weighted by molar-refractivity contribution is 0.102. The molecule has 0 aliphatic rings. The molecule has 3 N–H and O–H groups in total. The van der Waals surface area contributed by atoms with E-state index < -0.39 is 0 Å². The summed E-state index contributed by atoms with van der Waals surface area (Å²) in [6.07, 6.45) is 2.04. The molecule has 3 aromatic carbocycles. The number of rotatable bonds is 4. The lowest BCUT2D eigenvalue weighted by atomic mass is 10.1. The Balaban J connectivity index is 1.52. The summed E-state index contributed by atoms with van der Waals surface area (Å²) in [6.45, 7) is 2.09. The molecule has 5 heteroatoms. The predicted octanol–water partition coefficient (Wildman–Crippen LogP) is 4.48. The number of nitrogens with one attached hydrogen (secondary N) is 1. The van der Waals surface area contributed by atoms with Crippen LogP contribution in [0.25, 0.3) is 10.9 Å². The van der Waals surface area contributed by atoms with Gasteiger partial charge in [0.05, 0.1) is 22.9 Å². The lowest BCUT2D eigenvalue weighted by Gasteiger charge is -2.13. The summed E-state index contributed by atoms with van der Waals surface area (Å²) in [5, 5.41) is 8.59. The molecular formula is C22H20N4O. The Kier molecular flexibility index (Phi) is 4.34. The van der Waals surface area contributed by atoms with Gasteiger partial charge in [-0.25, -0.2) is 0 Å². The van der Waals surface area contributed by atoms with Gasteiger partial charge in [-0.05, 0) is 42.8 Å². The average molecular weight is 356 g/mol. The van der Waals surface area contributed by atoms with Crippen molar-refractivity contribution in [3.05, 3.63) is 90.1 Å². The zero-order valence-electron chi connectivity index (χ0n) is 15.0. The standard InChI is InChI=1S/C22H20N4O/c1-15(26-14-18-6-2-4-8-20(18)25-26)16-10-12-17(13-11-16)22(27)24-21-9-5-3-7-19(21)23/h2-15H,23H2,1H3,(H,24,27)/t15-/m0/s1. The highest BCUT2D eigenvalue weighted by atomic mass is 16.1. The fourth-order valence-electron chi connectivity index (χ4n) is 3.05. The number of nitrogens with zero attached hydrogens (tertiary/aromatic N) is 2. The Bertz CT molecular complexity index is 1070. The quantitative estimate of drug-likeness (QED) is 0.530. The van der Waals surface area contributed by atoms with Crippen LogP contribution < -0.4 is 11.1 Å². The molecule has 4 rings (SSSR count). The molecule has 0 saturated carbocycles. The van der Waals surface area contributed by atoms with Crippen molar-refractivity contribution in [2.75, 3.05) is 11.1 Å². The largest absolute Gasteiger partial charge is 0.397 e. The van der Waals surface area contributed by atoms with Crippen LogP contribution in [0.1, 0.15) is 28.9 Å². The van der Waals surface area contributed by atoms with Crippen molar-refractivity contribution in [1.82, 2.24) is 9.78 Å². The third-order valence-corrected chi connectivity index (χ3v) is 4.69. The fourth-order valence-corrected chi connectivity index (χ4v) is 3.05. The number of carbonyl (C=O) groups is 1. The van der Waals surface area contributed by atoms with Crippen LogP contribution >= 0.6 is 0 Å². The smallest absolute Gasteiger partial charge is 0.255 e. The number of benzene rings is 3. The minimum absolute atomic E-state index is 0.0688. The van der Waals surface area contributed by atoms with E-state index in [2.05, 4.69) is 17.3 Å². The number of fused-ring (bicyclic) bond motifs is 1. The molecule has 0 radical (unpaired) electrons. The average Bonchev–Trinajstić information content (AvgIpc) is 3.13. The van der Waals surface area contributed by atoms with E-state index in [1.54, 1.807) is 12.1 Å². The Morgan fingerprint density at radius 3 is 2.44 bits per heavy atom. The minimum atomic E-state index is -0.183. The first kappa shape index (κ1) is 16.8. The van der Waals surface area contributed by atoms with Crippen molar-refractivity contribution >= 4 is 28.2 Å². The van der Waals surface area contributed by atoms with E-state index in [0.717, 1.165) is 16.5 Å². The van der Waals surface area contributed by atoms with E-state index in [1.807, 2.05) is 71.5 Å². The van der Waals surface area contributed by atoms with E-state index in [-0.39, 0.29) is 11.9 Å². The first-order chi connectivity index (χ1) is 13.1. The van der Waals surface area contributed by atoms with Gasteiger partial charge in [0.15, 0.2) is 0 Å². The van der Waals surface area contributed by atoms with Crippen molar-refractivity contribution in [1.29, 1.82) is 0 Å². The predicted molar refractivity (Wildman–Crippen MR) is 109 cm³/mol. The number of hydrogen-bond acceptors (Lipinski definition) is 3. The zero-order valence-corrected chi connectivity index (χ0v) is 15.0. The molecule has 27 heavy (non-hydrogen) atoms. The van der Waals surface area contributed by atoms with Crippen LogP contribution in [0.2, 0.25) is 0 Å². The molecular weight excluding hydrogens is 336 g/mol. The normalized spacial score (nSPS) is 12.0. The van der Waals surface area contributed by atoms with Gasteiger partial charge in [-0.1, -0.05) is 42.5 Å². The van der Waals surface area contributed by atoms with Crippen molar-refractivity contribution in [2.24, 2.45) is 0 Å². The van der Waals surface area contributed by atoms with Gasteiger partial charge >= 0.3 is 0 Å². The molecule has 5 nitrogen and oxygen atoms in total. The number of nitrogens with two attached hydrogens (primary N) is 1. The van der Waals surface area contributed by atoms with Gasteiger partial charge in [-0.2, -0.15) is 5.10 Å². The third kappa shape index (κ3) is 3.40. The van der Waals surface area contributed by atoms with Crippen molar-refractivity contribution < 1.29 is 4.79 Å². The Hall–Kier alpha value is -3.60. The van der Waals surface area contributed by atoms with E-state index in [0.29, 0.717) is 16.9 Å². The molecule has 0 unspecified atom stereocenters. The summed E-state index contributed by atoms with van der Waals surface area (Å²) in [4.78, 5) is 12.5. The number of aromatic nitrogens is 2. The monoisotopic (exact) mass is 356 g/mol. The summed E-state index contributed by atoms with van der Waals surface area (Å²) in [7, 11) is 0. The number of para-hydroxylation sites is 2. The SMILES string of the molecule is C[C@@H](c1ccc(C(=O)Nc2ccccc2N)cc1)n1cc2ccccc2n1. The van der Waals surface area contributed by atoms with Crippen LogP contribution in [-0.2, 0) is 0 Å². The Morgan fingerprint density at radius 2 is 1.70 bits per heavy atom. The molecule has 0 aliphatic heterocycles. The highest BCUT2D eigenvalue weighted by Gasteiger charge is 2.12. The maximum atomic E-state index is 12.5. The lowest BCUT2D eigenvalue weighted by Crippen LogP contribution is -2.13. The van der Waals surface area contributed by atoms with E-state index in [1.165, 1.54) is 0 Å². The van der Waals surface area contributed by atoms with E-state index >= 15 is 0 Å². The molecule has 1 heterocycles. The van der Waals surface area contributed by atoms with Crippen LogP contribution in [0.4, 0.5) is 11.4 Å². The zero-order chi connectivity index (χ0) is 18.8. The summed E-state index contributed by atoms with van der Waals surface area (Å²) >= 11 is 0. The van der Waals surface area contributed by atoms with E-state index in [4.69, 9.17) is 5.73 Å². The second kappa shape index (κ2) is 6.96. The molecule has 1 aromatic heterocycles. The molecule has 0 fully saturated rings. The van der Waals surface area contributed by atoms with Crippen LogP contribution in [-0.4, -0.2) is 15.7 Å². The van der Waals surface area contributed by atoms with Gasteiger partial charge in [0.1, 0.15) is 0 Å². The molecule has 0 bridgehead atoms. The Morgan fingerprint density at radius 1 is 1.00 bits per heavy atom. The second-order valence-corrected chi connectivity index (χ2v) is 6.51. The highest BCUT2D eigenvalue weighted by Crippen LogP contribution is 2.22. The van der Waals surface area contributed by atoms with Crippen LogP contribution in [0.15, 0.2) is 79.0 Å². The number of hydrogen-bond donors (Lipinski definition) is 2. The summed E-state index contributed by atoms with van der Waals surface area (Å²) in [6, 6.07) is 22.9. The molecule has 0 spiro atoms. The van der Waals surface area contributed by atoms with Gasteiger partial charge in [-0.3, -0.25) is 9.48 Å². The summed E-state index contributed by atoms with van der Waals surface area (Å²) < 4.78 is 1.95. The molecule has 4 aromatic rings. The van der Waals surface area contributed by atoms with Gasteiger partial charge < -0.3 is 11.1 Å². The van der Waals surface area contributed by atoms with Gasteiger partial charge in [0, 0.05) is 17.1 Å². The highest BCUT2D eigenvalue weighted by molar-refractivity contribution is 6.05. The number of nitrogen functional groups attached to an aromatic ring is 1. The van der Waals surface area contributed by atoms with Crippen LogP contribution in [0, 0.1) is 0 Å². The van der Waals surface area contributed by atoms with Gasteiger partial charge in [0.25, 0.3) is 5.91 Å². The second-order valence-electron chi connectivity index (χ2n) is 6.51. The van der Waals surface area contributed by atoms with Crippen molar-refractivity contribution in [2.45, 2.75) is 13.0 Å². The fraction of sp³-hybridized carbons (Fsp3) is 0.0909. The van der Waals surface area contributed by atoms with Crippen LogP contribution in [0.3, 0.4) is 0 Å². The van der Waals surface area contributed by atoms with E-state index in [9.17, 15) is 4.79 Å². The minimum Gasteiger partial charge on any atom is -0.397 e. The number of anilines is 2. The molecule has 0 aliphatic carbocycles. The Labute approximate surface area is 157 Å². The van der Waals surface area contributed by atoms with Crippen molar-refractivity contribution in [3.63, 3.8) is 0 Å². The third-order valence-electron chi connectivity index (χ3n) is 4.69. The molecule has 134 valence electrons. The number of carbonyl (C=O) groups excluding carboxylic acids is 1. The first-order valence-corrected chi connectivity index (χ1v) is 8.81. The van der Waals surface area contributed by atoms with Crippen LogP contribution in [0.5, 0.6) is 0 Å². The molecule has 1 amide bonds. The first-order valence-electron chi connectivity index (χ1n) is 8.81. The molecule has 1 atom stereocenters. The topological polar surface area (TPSA) is 72.9 Å². The van der Waals surface area contributed by atoms with Gasteiger partial charge in [0.2, 0.25) is 0 Å². The summed E-state index contributed by atoms with van der Waals surface area (Å²) in [5.74, 6) is -0.183. The molecule has 0 saturated heterocycles. The maximum Gasteiger partial charge on any atom is 0.255 e. The maximum absolute atomic E-state index is 12.5. The number of amides is 1. The van der Waals surface area contributed by atoms with Gasteiger partial charge in [-0.15, -0.1) is 0 Å². The van der Waals surface area contributed by atoms with Crippen molar-refractivity contribution in [3.8, 4) is 0 Å².